The maximum Gasteiger partial charge on any atom is 0.335 e. The smallest absolute Gasteiger partial charge is 0.335 e. The summed E-state index contributed by atoms with van der Waals surface area (Å²) in [5.74, 6) is -0.408. The fraction of sp³-hybridized carbons (Fsp3) is 0.636. The van der Waals surface area contributed by atoms with E-state index in [0.29, 0.717) is 5.57 Å². The predicted molar refractivity (Wildman–Crippen MR) is 54.4 cm³/mol. The van der Waals surface area contributed by atoms with Crippen molar-refractivity contribution >= 4 is 5.97 Å². The van der Waals surface area contributed by atoms with Crippen LogP contribution in [0.2, 0.25) is 0 Å². The van der Waals surface area contributed by atoms with Crippen LogP contribution in [0.3, 0.4) is 0 Å². The van der Waals surface area contributed by atoms with Gasteiger partial charge >= 0.3 is 5.97 Å². The Hall–Kier alpha value is -1.30. The number of nitriles is 1. The first kappa shape index (κ1) is 12.7. The molecule has 0 heterocycles. The minimum absolute atomic E-state index is 0.160. The first-order valence-electron chi connectivity index (χ1n) is 4.60. The van der Waals surface area contributed by atoms with Crippen LogP contribution in [0.5, 0.6) is 0 Å². The van der Waals surface area contributed by atoms with Gasteiger partial charge in [0.25, 0.3) is 0 Å². The zero-order chi connectivity index (χ0) is 11.4. The van der Waals surface area contributed by atoms with E-state index in [1.165, 1.54) is 6.08 Å². The molecule has 78 valence electrons. The van der Waals surface area contributed by atoms with Crippen LogP contribution >= 0.6 is 0 Å². The standard InChI is InChI=1S/C11H17NO2/c1-8(2)14-10(13)9(6-7-12)11(3,4)5/h6,8H,1-5H3. The largest absolute Gasteiger partial charge is 0.460 e. The van der Waals surface area contributed by atoms with E-state index in [1.807, 2.05) is 26.8 Å². The molecule has 0 aliphatic carbocycles. The first-order chi connectivity index (χ1) is 6.29. The summed E-state index contributed by atoms with van der Waals surface area (Å²) in [4.78, 5) is 11.5. The molecule has 0 saturated carbocycles. The number of carbonyl (C=O) groups is 1. The molecular formula is C11H17NO2. The van der Waals surface area contributed by atoms with Crippen LogP contribution in [0.15, 0.2) is 11.6 Å². The van der Waals surface area contributed by atoms with E-state index in [4.69, 9.17) is 10.00 Å². The molecule has 0 aromatic heterocycles. The maximum atomic E-state index is 11.5. The van der Waals surface area contributed by atoms with Crippen LogP contribution in [0, 0.1) is 16.7 Å². The van der Waals surface area contributed by atoms with Gasteiger partial charge in [-0.15, -0.1) is 0 Å². The highest BCUT2D eigenvalue weighted by atomic mass is 16.5. The first-order valence-corrected chi connectivity index (χ1v) is 4.60. The highest BCUT2D eigenvalue weighted by molar-refractivity contribution is 5.90. The van der Waals surface area contributed by atoms with Crippen molar-refractivity contribution in [2.45, 2.75) is 40.7 Å². The molecule has 0 aliphatic rings. The Morgan fingerprint density at radius 3 is 2.21 bits per heavy atom. The third-order valence-corrected chi connectivity index (χ3v) is 1.58. The van der Waals surface area contributed by atoms with Gasteiger partial charge in [0.1, 0.15) is 0 Å². The highest BCUT2D eigenvalue weighted by Crippen LogP contribution is 2.26. The summed E-state index contributed by atoms with van der Waals surface area (Å²) >= 11 is 0. The van der Waals surface area contributed by atoms with Crippen LogP contribution in [-0.2, 0) is 9.53 Å². The van der Waals surface area contributed by atoms with Crippen LogP contribution in [0.4, 0.5) is 0 Å². The predicted octanol–water partition coefficient (Wildman–Crippen LogP) is 2.43. The molecule has 0 N–H and O–H groups in total. The number of esters is 1. The molecule has 14 heavy (non-hydrogen) atoms. The lowest BCUT2D eigenvalue weighted by Crippen LogP contribution is -2.22. The number of hydrogen-bond donors (Lipinski definition) is 0. The summed E-state index contributed by atoms with van der Waals surface area (Å²) in [7, 11) is 0. The van der Waals surface area contributed by atoms with E-state index in [2.05, 4.69) is 0 Å². The average molecular weight is 195 g/mol. The number of ether oxygens (including phenoxy) is 1. The molecule has 0 saturated heterocycles. The second-order valence-electron chi connectivity index (χ2n) is 4.39. The van der Waals surface area contributed by atoms with Gasteiger partial charge in [0.2, 0.25) is 0 Å². The van der Waals surface area contributed by atoms with Crippen molar-refractivity contribution in [1.82, 2.24) is 0 Å². The Kier molecular flexibility index (Phi) is 4.36. The van der Waals surface area contributed by atoms with Gasteiger partial charge < -0.3 is 4.74 Å². The summed E-state index contributed by atoms with van der Waals surface area (Å²) in [6, 6.07) is 1.87. The van der Waals surface area contributed by atoms with Gasteiger partial charge in [-0.3, -0.25) is 0 Å². The van der Waals surface area contributed by atoms with Gasteiger partial charge in [-0.2, -0.15) is 5.26 Å². The molecule has 0 spiro atoms. The van der Waals surface area contributed by atoms with Gasteiger partial charge in [0.05, 0.1) is 17.7 Å². The third-order valence-electron chi connectivity index (χ3n) is 1.58. The minimum Gasteiger partial charge on any atom is -0.460 e. The van der Waals surface area contributed by atoms with E-state index in [-0.39, 0.29) is 11.5 Å². The Morgan fingerprint density at radius 1 is 1.43 bits per heavy atom. The molecular weight excluding hydrogens is 178 g/mol. The lowest BCUT2D eigenvalue weighted by Gasteiger charge is -2.21. The Bertz CT molecular complexity index is 277. The monoisotopic (exact) mass is 195 g/mol. The lowest BCUT2D eigenvalue weighted by molar-refractivity contribution is -0.143. The topological polar surface area (TPSA) is 50.1 Å². The highest BCUT2D eigenvalue weighted by Gasteiger charge is 2.25. The van der Waals surface area contributed by atoms with Crippen LogP contribution in [0.1, 0.15) is 34.6 Å². The van der Waals surface area contributed by atoms with Crippen LogP contribution < -0.4 is 0 Å². The fourth-order valence-electron chi connectivity index (χ4n) is 0.924. The number of hydrogen-bond acceptors (Lipinski definition) is 3. The molecule has 3 nitrogen and oxygen atoms in total. The third kappa shape index (κ3) is 4.08. The van der Waals surface area contributed by atoms with Crippen molar-refractivity contribution in [3.63, 3.8) is 0 Å². The Morgan fingerprint density at radius 2 is 1.93 bits per heavy atom. The zero-order valence-corrected chi connectivity index (χ0v) is 9.42. The van der Waals surface area contributed by atoms with Crippen molar-refractivity contribution < 1.29 is 9.53 Å². The second-order valence-corrected chi connectivity index (χ2v) is 4.39. The fourth-order valence-corrected chi connectivity index (χ4v) is 0.924. The molecule has 0 fully saturated rings. The van der Waals surface area contributed by atoms with Crippen molar-refractivity contribution in [2.75, 3.05) is 0 Å². The molecule has 0 atom stereocenters. The molecule has 0 aromatic rings. The van der Waals surface area contributed by atoms with E-state index in [1.54, 1.807) is 13.8 Å². The van der Waals surface area contributed by atoms with E-state index in [9.17, 15) is 4.79 Å². The Labute approximate surface area is 85.4 Å². The van der Waals surface area contributed by atoms with Crippen LogP contribution in [-0.4, -0.2) is 12.1 Å². The molecule has 0 aromatic carbocycles. The molecule has 0 unspecified atom stereocenters. The van der Waals surface area contributed by atoms with Gasteiger partial charge in [-0.1, -0.05) is 20.8 Å². The molecule has 3 heteroatoms. The van der Waals surface area contributed by atoms with Gasteiger partial charge in [-0.25, -0.2) is 4.79 Å². The summed E-state index contributed by atoms with van der Waals surface area (Å²) in [5.41, 5.74) is 0.0514. The molecule has 0 amide bonds. The van der Waals surface area contributed by atoms with Crippen molar-refractivity contribution in [2.24, 2.45) is 5.41 Å². The molecule has 0 bridgehead atoms. The Balaban J connectivity index is 4.81. The van der Waals surface area contributed by atoms with Crippen LogP contribution in [0.25, 0.3) is 0 Å². The maximum absolute atomic E-state index is 11.5. The summed E-state index contributed by atoms with van der Waals surface area (Å²) in [6.45, 7) is 9.18. The SMILES string of the molecule is CC(C)OC(=O)C(=CC#N)C(C)(C)C. The van der Waals surface area contributed by atoms with Crippen molar-refractivity contribution in [3.8, 4) is 6.07 Å². The summed E-state index contributed by atoms with van der Waals surface area (Å²) in [6.07, 6.45) is 1.09. The molecule has 0 aliphatic heterocycles. The molecule has 0 rings (SSSR count). The van der Waals surface area contributed by atoms with Crippen molar-refractivity contribution in [1.29, 1.82) is 5.26 Å². The number of carbonyl (C=O) groups excluding carboxylic acids is 1. The normalized spacial score (nSPS) is 12.5. The number of allylic oxidation sites excluding steroid dienone is 1. The summed E-state index contributed by atoms with van der Waals surface area (Å²) in [5, 5.41) is 8.55. The van der Waals surface area contributed by atoms with Gasteiger partial charge in [-0.05, 0) is 19.3 Å². The minimum atomic E-state index is -0.408. The van der Waals surface area contributed by atoms with E-state index >= 15 is 0 Å². The van der Waals surface area contributed by atoms with Crippen molar-refractivity contribution in [3.05, 3.63) is 11.6 Å². The lowest BCUT2D eigenvalue weighted by atomic mass is 9.86. The van der Waals surface area contributed by atoms with E-state index in [0.717, 1.165) is 0 Å². The van der Waals surface area contributed by atoms with E-state index < -0.39 is 5.97 Å². The zero-order valence-electron chi connectivity index (χ0n) is 9.42. The quantitative estimate of drug-likeness (QED) is 0.386. The van der Waals surface area contributed by atoms with Gasteiger partial charge in [0.15, 0.2) is 0 Å². The number of rotatable bonds is 2. The van der Waals surface area contributed by atoms with Gasteiger partial charge in [0, 0.05) is 6.08 Å². The second kappa shape index (κ2) is 4.80. The molecule has 0 radical (unpaired) electrons. The number of nitrogens with zero attached hydrogens (tertiary/aromatic N) is 1. The summed E-state index contributed by atoms with van der Waals surface area (Å²) < 4.78 is 5.03. The average Bonchev–Trinajstić information content (AvgIpc) is 1.96.